The monoisotopic (exact) mass is 288 g/mol. The summed E-state index contributed by atoms with van der Waals surface area (Å²) in [6.45, 7) is 4.62. The predicted octanol–water partition coefficient (Wildman–Crippen LogP) is 0.843. The molecule has 3 N–H and O–H groups in total. The molecule has 1 aromatic carbocycles. The van der Waals surface area contributed by atoms with Gasteiger partial charge in [-0.15, -0.1) is 0 Å². The Labute approximate surface area is 124 Å². The van der Waals surface area contributed by atoms with Crippen LogP contribution in [0.25, 0.3) is 5.70 Å². The maximum Gasteiger partial charge on any atom is 0.269 e. The minimum Gasteiger partial charge on any atom is -0.497 e. The van der Waals surface area contributed by atoms with E-state index in [-0.39, 0.29) is 18.1 Å². The molecule has 1 unspecified atom stereocenters. The van der Waals surface area contributed by atoms with E-state index in [0.717, 1.165) is 22.6 Å². The lowest BCUT2D eigenvalue weighted by molar-refractivity contribution is -0.132. The molecule has 0 radical (unpaired) electrons. The molecule has 21 heavy (non-hydrogen) atoms. The highest BCUT2D eigenvalue weighted by Gasteiger charge is 2.38. The number of hydrazine groups is 1. The number of benzene rings is 1. The van der Waals surface area contributed by atoms with Gasteiger partial charge in [0, 0.05) is 11.1 Å². The number of hydrogen-bond acceptors (Lipinski definition) is 5. The van der Waals surface area contributed by atoms with Crippen LogP contribution in [0.2, 0.25) is 0 Å². The Morgan fingerprint density at radius 3 is 2.90 bits per heavy atom. The van der Waals surface area contributed by atoms with Crippen molar-refractivity contribution in [2.75, 3.05) is 13.8 Å². The zero-order valence-electron chi connectivity index (χ0n) is 12.4. The first-order chi connectivity index (χ1) is 10.1. The molecule has 1 fully saturated rings. The van der Waals surface area contributed by atoms with Crippen LogP contribution in [0.5, 0.6) is 5.75 Å². The van der Waals surface area contributed by atoms with E-state index in [1.54, 1.807) is 12.1 Å². The van der Waals surface area contributed by atoms with E-state index >= 15 is 0 Å². The maximum absolute atomic E-state index is 12.7. The quantitative estimate of drug-likeness (QED) is 0.769. The zero-order valence-corrected chi connectivity index (χ0v) is 12.4. The van der Waals surface area contributed by atoms with Gasteiger partial charge in [0.1, 0.15) is 5.75 Å². The molecule has 112 valence electrons. The van der Waals surface area contributed by atoms with Gasteiger partial charge in [-0.2, -0.15) is 0 Å². The Morgan fingerprint density at radius 2 is 2.19 bits per heavy atom. The van der Waals surface area contributed by atoms with E-state index < -0.39 is 0 Å². The smallest absolute Gasteiger partial charge is 0.269 e. The van der Waals surface area contributed by atoms with E-state index in [1.807, 2.05) is 38.1 Å². The van der Waals surface area contributed by atoms with Crippen molar-refractivity contribution >= 4 is 11.6 Å². The van der Waals surface area contributed by atoms with Crippen LogP contribution in [0.15, 0.2) is 29.8 Å². The standard InChI is InChI=1S/C15H20N4O2/c1-9(2)12-13(10-5-4-6-11(7-10)21-3)18-15-16-8-17-19(15)14(12)20/h4-7,9,15-18H,8H2,1-3H3. The second-order valence-electron chi connectivity index (χ2n) is 5.44. The number of carbonyl (C=O) groups excluding carboxylic acids is 1. The van der Waals surface area contributed by atoms with Crippen molar-refractivity contribution in [1.82, 2.24) is 21.1 Å². The van der Waals surface area contributed by atoms with Crippen LogP contribution in [0.4, 0.5) is 0 Å². The Kier molecular flexibility index (Phi) is 3.57. The molecule has 0 aromatic heterocycles. The molecular formula is C15H20N4O2. The zero-order chi connectivity index (χ0) is 15.0. The molecule has 0 spiro atoms. The fourth-order valence-electron chi connectivity index (χ4n) is 2.72. The molecule has 0 bridgehead atoms. The van der Waals surface area contributed by atoms with Gasteiger partial charge in [0.25, 0.3) is 5.91 Å². The average molecular weight is 288 g/mol. The molecular weight excluding hydrogens is 268 g/mol. The highest BCUT2D eigenvalue weighted by Crippen LogP contribution is 2.30. The second kappa shape index (κ2) is 5.38. The predicted molar refractivity (Wildman–Crippen MR) is 79.7 cm³/mol. The van der Waals surface area contributed by atoms with Gasteiger partial charge < -0.3 is 10.1 Å². The number of hydrogen-bond donors (Lipinski definition) is 3. The topological polar surface area (TPSA) is 65.6 Å². The number of fused-ring (bicyclic) bond motifs is 1. The van der Waals surface area contributed by atoms with E-state index in [9.17, 15) is 4.79 Å². The summed E-state index contributed by atoms with van der Waals surface area (Å²) in [7, 11) is 1.64. The van der Waals surface area contributed by atoms with Crippen LogP contribution in [0.1, 0.15) is 19.4 Å². The van der Waals surface area contributed by atoms with Crippen LogP contribution in [-0.4, -0.2) is 31.0 Å². The lowest BCUT2D eigenvalue weighted by atomic mass is 9.94. The summed E-state index contributed by atoms with van der Waals surface area (Å²) in [6.07, 6.45) is -0.221. The second-order valence-corrected chi connectivity index (χ2v) is 5.44. The number of methoxy groups -OCH3 is 1. The van der Waals surface area contributed by atoms with Gasteiger partial charge in [0.05, 0.1) is 19.5 Å². The summed E-state index contributed by atoms with van der Waals surface area (Å²) >= 11 is 0. The van der Waals surface area contributed by atoms with Gasteiger partial charge in [-0.3, -0.25) is 10.1 Å². The molecule has 1 amide bonds. The molecule has 0 aliphatic carbocycles. The summed E-state index contributed by atoms with van der Waals surface area (Å²) in [5.41, 5.74) is 5.64. The highest BCUT2D eigenvalue weighted by molar-refractivity contribution is 6.02. The molecule has 0 saturated carbocycles. The fourth-order valence-corrected chi connectivity index (χ4v) is 2.72. The number of ether oxygens (including phenoxy) is 1. The Hall–Kier alpha value is -2.05. The van der Waals surface area contributed by atoms with Crippen molar-refractivity contribution in [3.63, 3.8) is 0 Å². The first kappa shape index (κ1) is 13.9. The summed E-state index contributed by atoms with van der Waals surface area (Å²) in [6, 6.07) is 7.75. The van der Waals surface area contributed by atoms with Crippen LogP contribution < -0.4 is 20.8 Å². The molecule has 2 aliphatic rings. The van der Waals surface area contributed by atoms with Crippen LogP contribution in [0, 0.1) is 5.92 Å². The van der Waals surface area contributed by atoms with Crippen molar-refractivity contribution < 1.29 is 9.53 Å². The minimum atomic E-state index is -0.221. The Balaban J connectivity index is 2.08. The van der Waals surface area contributed by atoms with Gasteiger partial charge in [0.2, 0.25) is 0 Å². The summed E-state index contributed by atoms with van der Waals surface area (Å²) in [5.74, 6) is 0.906. The van der Waals surface area contributed by atoms with Crippen molar-refractivity contribution in [3.8, 4) is 5.75 Å². The number of amides is 1. The van der Waals surface area contributed by atoms with Crippen molar-refractivity contribution in [2.45, 2.75) is 20.1 Å². The molecule has 2 aliphatic heterocycles. The van der Waals surface area contributed by atoms with E-state index in [0.29, 0.717) is 6.67 Å². The first-order valence-electron chi connectivity index (χ1n) is 7.07. The van der Waals surface area contributed by atoms with Crippen LogP contribution in [0.3, 0.4) is 0 Å². The third-order valence-corrected chi connectivity index (χ3v) is 3.74. The fraction of sp³-hybridized carbons (Fsp3) is 0.400. The van der Waals surface area contributed by atoms with Gasteiger partial charge >= 0.3 is 0 Å². The third-order valence-electron chi connectivity index (χ3n) is 3.74. The molecule has 1 saturated heterocycles. The average Bonchev–Trinajstić information content (AvgIpc) is 2.95. The van der Waals surface area contributed by atoms with E-state index in [2.05, 4.69) is 16.1 Å². The van der Waals surface area contributed by atoms with Crippen LogP contribution in [-0.2, 0) is 4.79 Å². The normalized spacial score (nSPS) is 21.6. The lowest BCUT2D eigenvalue weighted by Gasteiger charge is -2.34. The Morgan fingerprint density at radius 1 is 1.38 bits per heavy atom. The molecule has 2 heterocycles. The highest BCUT2D eigenvalue weighted by atomic mass is 16.5. The summed E-state index contributed by atoms with van der Waals surface area (Å²) in [4.78, 5) is 12.7. The summed E-state index contributed by atoms with van der Waals surface area (Å²) in [5, 5.41) is 8.20. The molecule has 1 atom stereocenters. The van der Waals surface area contributed by atoms with Crippen molar-refractivity contribution in [2.24, 2.45) is 5.92 Å². The number of carbonyl (C=O) groups is 1. The van der Waals surface area contributed by atoms with Gasteiger partial charge in [0.15, 0.2) is 6.29 Å². The molecule has 6 nitrogen and oxygen atoms in total. The third kappa shape index (κ3) is 2.36. The van der Waals surface area contributed by atoms with Crippen molar-refractivity contribution in [1.29, 1.82) is 0 Å². The maximum atomic E-state index is 12.7. The minimum absolute atomic E-state index is 0.0107. The largest absolute Gasteiger partial charge is 0.497 e. The van der Waals surface area contributed by atoms with E-state index in [1.165, 1.54) is 0 Å². The number of rotatable bonds is 3. The van der Waals surface area contributed by atoms with Gasteiger partial charge in [-0.25, -0.2) is 10.4 Å². The van der Waals surface area contributed by atoms with Gasteiger partial charge in [-0.05, 0) is 18.1 Å². The SMILES string of the molecule is COc1cccc(C2=C(C(C)C)C(=O)N3NCNC3N2)c1. The lowest BCUT2D eigenvalue weighted by Crippen LogP contribution is -2.56. The molecule has 6 heteroatoms. The van der Waals surface area contributed by atoms with Crippen LogP contribution >= 0.6 is 0 Å². The number of nitrogens with one attached hydrogen (secondary N) is 3. The molecule has 1 aromatic rings. The van der Waals surface area contributed by atoms with Crippen molar-refractivity contribution in [3.05, 3.63) is 35.4 Å². The van der Waals surface area contributed by atoms with E-state index in [4.69, 9.17) is 4.74 Å². The summed E-state index contributed by atoms with van der Waals surface area (Å²) < 4.78 is 5.28. The molecule has 3 rings (SSSR count). The number of nitrogens with zero attached hydrogens (tertiary/aromatic N) is 1. The van der Waals surface area contributed by atoms with Gasteiger partial charge in [-0.1, -0.05) is 26.0 Å². The first-order valence-corrected chi connectivity index (χ1v) is 7.07. The Bertz CT molecular complexity index is 597.